The van der Waals surface area contributed by atoms with Crippen LogP contribution in [0, 0.1) is 0 Å². The van der Waals surface area contributed by atoms with E-state index in [4.69, 9.17) is 4.74 Å². The van der Waals surface area contributed by atoms with Gasteiger partial charge >= 0.3 is 0 Å². The Kier molecular flexibility index (Phi) is 6.54. The van der Waals surface area contributed by atoms with Gasteiger partial charge in [0.05, 0.1) is 7.11 Å². The van der Waals surface area contributed by atoms with E-state index < -0.39 is 0 Å². The van der Waals surface area contributed by atoms with E-state index in [9.17, 15) is 4.79 Å². The van der Waals surface area contributed by atoms with Gasteiger partial charge in [0.2, 0.25) is 5.91 Å². The molecular weight excluding hydrogens is 326 g/mol. The third kappa shape index (κ3) is 4.57. The molecule has 26 heavy (non-hydrogen) atoms. The highest BCUT2D eigenvalue weighted by atomic mass is 16.5. The predicted molar refractivity (Wildman–Crippen MR) is 105 cm³/mol. The second-order valence-electron chi connectivity index (χ2n) is 7.83. The van der Waals surface area contributed by atoms with E-state index in [-0.39, 0.29) is 0 Å². The minimum absolute atomic E-state index is 0.307. The molecule has 2 fully saturated rings. The average molecular weight is 360 g/mol. The van der Waals surface area contributed by atoms with Gasteiger partial charge in [-0.1, -0.05) is 18.2 Å². The zero-order valence-corrected chi connectivity index (χ0v) is 16.5. The van der Waals surface area contributed by atoms with Crippen molar-refractivity contribution >= 4 is 5.91 Å². The van der Waals surface area contributed by atoms with Crippen LogP contribution in [0.15, 0.2) is 24.3 Å². The molecule has 1 aromatic carbocycles. The molecule has 2 aliphatic heterocycles. The maximum absolute atomic E-state index is 12.6. The molecule has 3 rings (SSSR count). The van der Waals surface area contributed by atoms with E-state index >= 15 is 0 Å². The lowest BCUT2D eigenvalue weighted by atomic mass is 9.88. The van der Waals surface area contributed by atoms with Gasteiger partial charge in [0.25, 0.3) is 0 Å². The van der Waals surface area contributed by atoms with Crippen LogP contribution in [0.4, 0.5) is 0 Å². The molecule has 5 heteroatoms. The number of nitrogens with zero attached hydrogens (tertiary/aromatic N) is 3. The molecule has 0 spiro atoms. The smallest absolute Gasteiger partial charge is 0.223 e. The number of likely N-dealkylation sites (tertiary alicyclic amines) is 2. The molecule has 0 radical (unpaired) electrons. The van der Waals surface area contributed by atoms with Crippen molar-refractivity contribution in [3.8, 4) is 5.75 Å². The quantitative estimate of drug-likeness (QED) is 0.782. The van der Waals surface area contributed by atoms with Crippen LogP contribution < -0.4 is 4.74 Å². The predicted octanol–water partition coefficient (Wildman–Crippen LogP) is 2.43. The molecule has 144 valence electrons. The molecule has 2 saturated heterocycles. The number of amides is 1. The summed E-state index contributed by atoms with van der Waals surface area (Å²) in [5, 5.41) is 0. The zero-order valence-electron chi connectivity index (χ0n) is 16.5. The molecule has 2 aliphatic rings. The Morgan fingerprint density at radius 3 is 2.58 bits per heavy atom. The van der Waals surface area contributed by atoms with Gasteiger partial charge in [-0.2, -0.15) is 0 Å². The first-order chi connectivity index (χ1) is 12.6. The van der Waals surface area contributed by atoms with E-state index in [2.05, 4.69) is 40.9 Å². The average Bonchev–Trinajstić information content (AvgIpc) is 3.12. The molecule has 0 N–H and O–H groups in total. The number of methoxy groups -OCH3 is 1. The Balaban J connectivity index is 1.45. The second kappa shape index (κ2) is 8.87. The number of likely N-dealkylation sites (N-methyl/N-ethyl adjacent to an activating group) is 2. The molecule has 0 bridgehead atoms. The fourth-order valence-corrected chi connectivity index (χ4v) is 4.33. The van der Waals surface area contributed by atoms with Crippen molar-refractivity contribution in [1.82, 2.24) is 14.7 Å². The van der Waals surface area contributed by atoms with Crippen molar-refractivity contribution in [1.29, 1.82) is 0 Å². The van der Waals surface area contributed by atoms with E-state index in [1.165, 1.54) is 18.5 Å². The van der Waals surface area contributed by atoms with Crippen molar-refractivity contribution in [2.45, 2.75) is 37.6 Å². The summed E-state index contributed by atoms with van der Waals surface area (Å²) >= 11 is 0. The molecule has 0 aliphatic carbocycles. The van der Waals surface area contributed by atoms with Crippen LogP contribution in [0.1, 0.15) is 37.2 Å². The zero-order chi connectivity index (χ0) is 18.5. The van der Waals surface area contributed by atoms with E-state index in [0.717, 1.165) is 44.8 Å². The van der Waals surface area contributed by atoms with Crippen LogP contribution in [0.2, 0.25) is 0 Å². The lowest BCUT2D eigenvalue weighted by molar-refractivity contribution is -0.132. The van der Waals surface area contributed by atoms with Crippen molar-refractivity contribution in [2.24, 2.45) is 0 Å². The molecule has 2 heterocycles. The number of hydrogen-bond donors (Lipinski definition) is 0. The number of carbonyl (C=O) groups is 1. The van der Waals surface area contributed by atoms with Gasteiger partial charge in [-0.3, -0.25) is 4.79 Å². The Morgan fingerprint density at radius 2 is 1.92 bits per heavy atom. The van der Waals surface area contributed by atoms with Crippen LogP contribution in [-0.4, -0.2) is 80.6 Å². The third-order valence-corrected chi connectivity index (χ3v) is 6.09. The molecule has 0 unspecified atom stereocenters. The number of hydrogen-bond acceptors (Lipinski definition) is 4. The first-order valence-corrected chi connectivity index (χ1v) is 9.88. The number of rotatable bonds is 6. The molecule has 1 atom stereocenters. The van der Waals surface area contributed by atoms with Crippen molar-refractivity contribution < 1.29 is 9.53 Å². The van der Waals surface area contributed by atoms with Gasteiger partial charge < -0.3 is 19.4 Å². The fraction of sp³-hybridized carbons (Fsp3) is 0.667. The van der Waals surface area contributed by atoms with Crippen LogP contribution in [0.3, 0.4) is 0 Å². The normalized spacial score (nSPS) is 22.2. The SMILES string of the molecule is COc1ccccc1C1CCN(C(=O)CCN(C)[C@@H]2CCN(C)C2)CC1. The third-order valence-electron chi connectivity index (χ3n) is 6.09. The van der Waals surface area contributed by atoms with Crippen LogP contribution in [0.25, 0.3) is 0 Å². The van der Waals surface area contributed by atoms with Gasteiger partial charge in [0.15, 0.2) is 0 Å². The van der Waals surface area contributed by atoms with Crippen molar-refractivity contribution in [2.75, 3.05) is 53.9 Å². The van der Waals surface area contributed by atoms with Crippen molar-refractivity contribution in [3.05, 3.63) is 29.8 Å². The summed E-state index contributed by atoms with van der Waals surface area (Å²) in [7, 11) is 6.06. The summed E-state index contributed by atoms with van der Waals surface area (Å²) in [6.45, 7) is 4.87. The minimum Gasteiger partial charge on any atom is -0.496 e. The van der Waals surface area contributed by atoms with Crippen LogP contribution >= 0.6 is 0 Å². The Bertz CT molecular complexity index is 599. The number of piperidine rings is 1. The molecule has 1 aromatic rings. The molecule has 0 saturated carbocycles. The number of benzene rings is 1. The number of para-hydroxylation sites is 1. The minimum atomic E-state index is 0.307. The molecule has 5 nitrogen and oxygen atoms in total. The van der Waals surface area contributed by atoms with Crippen molar-refractivity contribution in [3.63, 3.8) is 0 Å². The number of ether oxygens (including phenoxy) is 1. The highest BCUT2D eigenvalue weighted by Gasteiger charge is 2.27. The van der Waals surface area contributed by atoms with E-state index in [0.29, 0.717) is 24.3 Å². The largest absolute Gasteiger partial charge is 0.496 e. The maximum Gasteiger partial charge on any atom is 0.223 e. The van der Waals surface area contributed by atoms with E-state index in [1.54, 1.807) is 7.11 Å². The highest BCUT2D eigenvalue weighted by Crippen LogP contribution is 2.34. The number of carbonyl (C=O) groups excluding carboxylic acids is 1. The highest BCUT2D eigenvalue weighted by molar-refractivity contribution is 5.76. The standard InChI is InChI=1S/C21H33N3O2/c1-22-12-10-18(16-22)23(2)13-11-21(25)24-14-8-17(9-15-24)19-6-4-5-7-20(19)26-3/h4-7,17-18H,8-16H2,1-3H3/t18-/m1/s1. The summed E-state index contributed by atoms with van der Waals surface area (Å²) in [5.41, 5.74) is 1.28. The lowest BCUT2D eigenvalue weighted by Gasteiger charge is -2.33. The second-order valence-corrected chi connectivity index (χ2v) is 7.83. The summed E-state index contributed by atoms with van der Waals surface area (Å²) in [6.07, 6.45) is 3.90. The summed E-state index contributed by atoms with van der Waals surface area (Å²) in [6, 6.07) is 8.88. The molecule has 1 amide bonds. The van der Waals surface area contributed by atoms with Gasteiger partial charge in [-0.05, 0) is 57.5 Å². The summed E-state index contributed by atoms with van der Waals surface area (Å²) in [5.74, 6) is 1.77. The van der Waals surface area contributed by atoms with Crippen LogP contribution in [0.5, 0.6) is 5.75 Å². The Hall–Kier alpha value is -1.59. The van der Waals surface area contributed by atoms with Gasteiger partial charge in [-0.15, -0.1) is 0 Å². The van der Waals surface area contributed by atoms with Gasteiger partial charge in [0, 0.05) is 38.6 Å². The molecule has 0 aromatic heterocycles. The summed E-state index contributed by atoms with van der Waals surface area (Å²) in [4.78, 5) is 19.4. The fourth-order valence-electron chi connectivity index (χ4n) is 4.33. The topological polar surface area (TPSA) is 36.0 Å². The molecular formula is C21H33N3O2. The van der Waals surface area contributed by atoms with Gasteiger partial charge in [-0.25, -0.2) is 0 Å². The first-order valence-electron chi connectivity index (χ1n) is 9.88. The summed E-state index contributed by atoms with van der Waals surface area (Å²) < 4.78 is 5.50. The van der Waals surface area contributed by atoms with Gasteiger partial charge in [0.1, 0.15) is 5.75 Å². The Morgan fingerprint density at radius 1 is 1.19 bits per heavy atom. The van der Waals surface area contributed by atoms with E-state index in [1.807, 2.05) is 12.1 Å². The first kappa shape index (κ1) is 19.2. The van der Waals surface area contributed by atoms with Crippen LogP contribution in [-0.2, 0) is 4.79 Å². The maximum atomic E-state index is 12.6. The lowest BCUT2D eigenvalue weighted by Crippen LogP contribution is -2.41. The monoisotopic (exact) mass is 359 g/mol. The Labute approximate surface area is 157 Å².